The lowest BCUT2D eigenvalue weighted by atomic mass is 9.65. The van der Waals surface area contributed by atoms with Gasteiger partial charge in [0.25, 0.3) is 0 Å². The van der Waals surface area contributed by atoms with Crippen molar-refractivity contribution in [3.05, 3.63) is 58.6 Å². The zero-order valence-electron chi connectivity index (χ0n) is 16.7. The van der Waals surface area contributed by atoms with E-state index in [9.17, 15) is 14.7 Å². The van der Waals surface area contributed by atoms with Crippen molar-refractivity contribution in [1.82, 2.24) is 0 Å². The highest BCUT2D eigenvalue weighted by Crippen LogP contribution is 2.56. The molecule has 1 aliphatic carbocycles. The van der Waals surface area contributed by atoms with E-state index < -0.39 is 22.7 Å². The van der Waals surface area contributed by atoms with Crippen molar-refractivity contribution in [2.45, 2.75) is 33.6 Å². The standard InChI is InChI=1S/C23H25BrN2O3/c1-22(2)17(12-13-23(22,3)21(28)29)20(27)26-19-7-5-4-6-18(19)25-14-15-8-10-16(24)11-9-15/h4-11,14,17H,12-13H2,1-3H3,(H,26,27)(H,28,29)/p-1/t17-,23-/m1/s1. The molecule has 2 aromatic carbocycles. The van der Waals surface area contributed by atoms with Gasteiger partial charge in [-0.15, -0.1) is 0 Å². The Morgan fingerprint density at radius 1 is 1.14 bits per heavy atom. The highest BCUT2D eigenvalue weighted by atomic mass is 79.9. The second-order valence-electron chi connectivity index (χ2n) is 8.25. The van der Waals surface area contributed by atoms with Crippen LogP contribution in [-0.2, 0) is 9.59 Å². The van der Waals surface area contributed by atoms with E-state index in [-0.39, 0.29) is 5.91 Å². The quantitative estimate of drug-likeness (QED) is 0.680. The number of rotatable bonds is 5. The molecule has 29 heavy (non-hydrogen) atoms. The summed E-state index contributed by atoms with van der Waals surface area (Å²) < 4.78 is 0.991. The lowest BCUT2D eigenvalue weighted by Crippen LogP contribution is -2.49. The topological polar surface area (TPSA) is 81.6 Å². The number of aliphatic imine (C=N–C) groups is 1. The summed E-state index contributed by atoms with van der Waals surface area (Å²) in [5.41, 5.74) is 0.432. The zero-order valence-corrected chi connectivity index (χ0v) is 18.3. The molecular weight excluding hydrogens is 432 g/mol. The van der Waals surface area contributed by atoms with Crippen molar-refractivity contribution >= 4 is 45.4 Å². The van der Waals surface area contributed by atoms with Gasteiger partial charge in [-0.05, 0) is 48.1 Å². The molecule has 152 valence electrons. The number of aliphatic carboxylic acids is 1. The fourth-order valence-electron chi connectivity index (χ4n) is 3.93. The molecule has 0 saturated heterocycles. The zero-order chi connectivity index (χ0) is 21.2. The summed E-state index contributed by atoms with van der Waals surface area (Å²) in [6.07, 6.45) is 2.67. The van der Waals surface area contributed by atoms with Crippen molar-refractivity contribution in [2.24, 2.45) is 21.7 Å². The third-order valence-electron chi connectivity index (χ3n) is 6.38. The maximum atomic E-state index is 13.0. The Morgan fingerprint density at radius 3 is 2.41 bits per heavy atom. The van der Waals surface area contributed by atoms with Gasteiger partial charge < -0.3 is 15.2 Å². The Kier molecular flexibility index (Phi) is 5.94. The van der Waals surface area contributed by atoms with Crippen LogP contribution in [0.5, 0.6) is 0 Å². The minimum atomic E-state index is -1.10. The fraction of sp³-hybridized carbons (Fsp3) is 0.348. The van der Waals surface area contributed by atoms with Gasteiger partial charge in [-0.3, -0.25) is 9.79 Å². The van der Waals surface area contributed by atoms with Crippen molar-refractivity contribution in [3.8, 4) is 0 Å². The number of anilines is 1. The summed E-state index contributed by atoms with van der Waals surface area (Å²) in [5, 5.41) is 14.7. The summed E-state index contributed by atoms with van der Waals surface area (Å²) in [6.45, 7) is 5.33. The largest absolute Gasteiger partial charge is 0.550 e. The SMILES string of the molecule is CC1(C)[C@@H](C(=O)Nc2ccccc2N=Cc2ccc(Br)cc2)CC[C@]1(C)C(=O)[O-]. The molecule has 0 aromatic heterocycles. The van der Waals surface area contributed by atoms with E-state index in [1.807, 2.05) is 56.3 Å². The van der Waals surface area contributed by atoms with Crippen LogP contribution < -0.4 is 10.4 Å². The summed E-state index contributed by atoms with van der Waals surface area (Å²) in [6, 6.07) is 15.1. The number of nitrogens with one attached hydrogen (secondary N) is 1. The molecule has 0 spiro atoms. The molecule has 0 unspecified atom stereocenters. The Morgan fingerprint density at radius 2 is 1.79 bits per heavy atom. The second-order valence-corrected chi connectivity index (χ2v) is 9.16. The van der Waals surface area contributed by atoms with E-state index >= 15 is 0 Å². The third kappa shape index (κ3) is 4.13. The van der Waals surface area contributed by atoms with Crippen LogP contribution in [0.4, 0.5) is 11.4 Å². The monoisotopic (exact) mass is 455 g/mol. The average Bonchev–Trinajstić information content (AvgIpc) is 2.93. The predicted molar refractivity (Wildman–Crippen MR) is 116 cm³/mol. The Hall–Kier alpha value is -2.47. The minimum Gasteiger partial charge on any atom is -0.550 e. The van der Waals surface area contributed by atoms with Gasteiger partial charge in [-0.25, -0.2) is 0 Å². The summed E-state index contributed by atoms with van der Waals surface area (Å²) in [7, 11) is 0. The molecule has 1 saturated carbocycles. The molecule has 5 nitrogen and oxygen atoms in total. The molecule has 0 heterocycles. The van der Waals surface area contributed by atoms with Crippen molar-refractivity contribution in [1.29, 1.82) is 0 Å². The van der Waals surface area contributed by atoms with Gasteiger partial charge in [-0.2, -0.15) is 0 Å². The van der Waals surface area contributed by atoms with Gasteiger partial charge in [-0.1, -0.05) is 61.0 Å². The maximum Gasteiger partial charge on any atom is 0.228 e. The van der Waals surface area contributed by atoms with Crippen LogP contribution in [0.2, 0.25) is 0 Å². The van der Waals surface area contributed by atoms with E-state index in [0.717, 1.165) is 10.0 Å². The molecule has 1 fully saturated rings. The first-order valence-corrected chi connectivity index (χ1v) is 10.4. The van der Waals surface area contributed by atoms with Crippen LogP contribution in [0.15, 0.2) is 58.0 Å². The number of hydrogen-bond donors (Lipinski definition) is 1. The van der Waals surface area contributed by atoms with Crippen LogP contribution in [-0.4, -0.2) is 18.1 Å². The summed E-state index contributed by atoms with van der Waals surface area (Å²) in [4.78, 5) is 29.2. The molecular formula is C23H24BrN2O3-. The van der Waals surface area contributed by atoms with E-state index in [2.05, 4.69) is 26.2 Å². The smallest absolute Gasteiger partial charge is 0.228 e. The molecule has 2 atom stereocenters. The number of para-hydroxylation sites is 2. The first kappa shape index (κ1) is 21.2. The molecule has 2 aromatic rings. The predicted octanol–water partition coefficient (Wildman–Crippen LogP) is 4.33. The maximum absolute atomic E-state index is 13.0. The van der Waals surface area contributed by atoms with E-state index in [1.165, 1.54) is 0 Å². The number of carboxylic acid groups (broad SMARTS) is 1. The molecule has 0 bridgehead atoms. The van der Waals surface area contributed by atoms with Crippen molar-refractivity contribution < 1.29 is 14.7 Å². The summed E-state index contributed by atoms with van der Waals surface area (Å²) >= 11 is 3.41. The molecule has 0 radical (unpaired) electrons. The number of benzene rings is 2. The van der Waals surface area contributed by atoms with Crippen LogP contribution in [0.1, 0.15) is 39.2 Å². The van der Waals surface area contributed by atoms with Gasteiger partial charge in [0, 0.05) is 28.0 Å². The normalized spacial score (nSPS) is 23.2. The van der Waals surface area contributed by atoms with Gasteiger partial charge in [0.15, 0.2) is 0 Å². The number of hydrogen-bond acceptors (Lipinski definition) is 4. The Balaban J connectivity index is 1.80. The number of amides is 1. The molecule has 1 aliphatic rings. The minimum absolute atomic E-state index is 0.189. The fourth-order valence-corrected chi connectivity index (χ4v) is 4.19. The first-order chi connectivity index (χ1) is 13.6. The van der Waals surface area contributed by atoms with E-state index in [1.54, 1.807) is 19.2 Å². The number of carboxylic acids is 1. The van der Waals surface area contributed by atoms with Gasteiger partial charge >= 0.3 is 0 Å². The highest BCUT2D eigenvalue weighted by Gasteiger charge is 2.54. The molecule has 6 heteroatoms. The van der Waals surface area contributed by atoms with Crippen molar-refractivity contribution in [2.75, 3.05) is 5.32 Å². The van der Waals surface area contributed by atoms with Crippen LogP contribution in [0, 0.1) is 16.7 Å². The lowest BCUT2D eigenvalue weighted by Gasteiger charge is -2.41. The first-order valence-electron chi connectivity index (χ1n) is 9.56. The van der Waals surface area contributed by atoms with Gasteiger partial charge in [0.05, 0.1) is 11.4 Å². The molecule has 3 rings (SSSR count). The second kappa shape index (κ2) is 8.11. The van der Waals surface area contributed by atoms with Crippen molar-refractivity contribution in [3.63, 3.8) is 0 Å². The average molecular weight is 456 g/mol. The molecule has 0 aliphatic heterocycles. The Bertz CT molecular complexity index is 953. The van der Waals surface area contributed by atoms with Crippen LogP contribution in [0.3, 0.4) is 0 Å². The highest BCUT2D eigenvalue weighted by molar-refractivity contribution is 9.10. The van der Waals surface area contributed by atoms with Crippen LogP contribution >= 0.6 is 15.9 Å². The van der Waals surface area contributed by atoms with E-state index in [0.29, 0.717) is 24.2 Å². The summed E-state index contributed by atoms with van der Waals surface area (Å²) in [5.74, 6) is -1.71. The Labute approximate surface area is 179 Å². The number of nitrogens with zero attached hydrogens (tertiary/aromatic N) is 1. The van der Waals surface area contributed by atoms with Gasteiger partial charge in [0.2, 0.25) is 5.91 Å². The van der Waals surface area contributed by atoms with E-state index in [4.69, 9.17) is 0 Å². The van der Waals surface area contributed by atoms with Crippen LogP contribution in [0.25, 0.3) is 0 Å². The number of carbonyl (C=O) groups excluding carboxylic acids is 2. The lowest BCUT2D eigenvalue weighted by molar-refractivity contribution is -0.323. The number of halogens is 1. The van der Waals surface area contributed by atoms with Gasteiger partial charge in [0.1, 0.15) is 0 Å². The molecule has 1 amide bonds. The third-order valence-corrected chi connectivity index (χ3v) is 6.91. The number of carbonyl (C=O) groups is 2. The molecule has 1 N–H and O–H groups in total.